The monoisotopic (exact) mass is 480 g/mol. The second-order valence-corrected chi connectivity index (χ2v) is 10.5. The van der Waals surface area contributed by atoms with Gasteiger partial charge in [0.2, 0.25) is 10.0 Å². The number of hydrogen-bond donors (Lipinski definition) is 1. The highest BCUT2D eigenvalue weighted by atomic mass is 32.2. The van der Waals surface area contributed by atoms with Crippen LogP contribution in [-0.4, -0.2) is 29.7 Å². The lowest BCUT2D eigenvalue weighted by Crippen LogP contribution is -2.32. The first-order chi connectivity index (χ1) is 15.7. The summed E-state index contributed by atoms with van der Waals surface area (Å²) in [6, 6.07) is 18.3. The van der Waals surface area contributed by atoms with Crippen molar-refractivity contribution in [3.8, 4) is 21.1 Å². The van der Waals surface area contributed by atoms with Gasteiger partial charge < -0.3 is 0 Å². The molecule has 9 heteroatoms. The van der Waals surface area contributed by atoms with Gasteiger partial charge in [0.1, 0.15) is 10.7 Å². The molecule has 0 aliphatic rings. The highest BCUT2D eigenvalue weighted by Gasteiger charge is 2.17. The van der Waals surface area contributed by atoms with Crippen molar-refractivity contribution in [2.24, 2.45) is 0 Å². The zero-order valence-electron chi connectivity index (χ0n) is 18.6. The minimum atomic E-state index is -3.69. The van der Waals surface area contributed by atoms with Crippen LogP contribution in [0.5, 0.6) is 0 Å². The summed E-state index contributed by atoms with van der Waals surface area (Å²) in [4.78, 5) is 18.1. The van der Waals surface area contributed by atoms with Crippen molar-refractivity contribution in [2.75, 3.05) is 6.54 Å². The number of hydrogen-bond acceptors (Lipinski definition) is 6. The van der Waals surface area contributed by atoms with Gasteiger partial charge in [-0.15, -0.1) is 11.3 Å². The Labute approximate surface area is 196 Å². The molecule has 0 spiro atoms. The van der Waals surface area contributed by atoms with Gasteiger partial charge >= 0.3 is 0 Å². The van der Waals surface area contributed by atoms with Crippen molar-refractivity contribution in [3.63, 3.8) is 0 Å². The van der Waals surface area contributed by atoms with Crippen LogP contribution in [0.1, 0.15) is 16.8 Å². The Hall–Kier alpha value is -3.14. The molecule has 0 aliphatic carbocycles. The predicted octanol–water partition coefficient (Wildman–Crippen LogP) is 3.94. The number of benzene rings is 2. The number of sulfonamides is 1. The van der Waals surface area contributed by atoms with Gasteiger partial charge in [-0.1, -0.05) is 42.5 Å². The van der Waals surface area contributed by atoms with Gasteiger partial charge in [0.05, 0.1) is 22.0 Å². The molecule has 2 aromatic heterocycles. The van der Waals surface area contributed by atoms with Crippen LogP contribution in [0.15, 0.2) is 70.4 Å². The molecule has 0 saturated heterocycles. The van der Waals surface area contributed by atoms with E-state index in [1.807, 2.05) is 50.2 Å². The van der Waals surface area contributed by atoms with Crippen LogP contribution in [-0.2, 0) is 16.6 Å². The van der Waals surface area contributed by atoms with Gasteiger partial charge in [0.25, 0.3) is 5.56 Å². The minimum Gasteiger partial charge on any atom is -0.268 e. The first-order valence-electron chi connectivity index (χ1n) is 10.4. The quantitative estimate of drug-likeness (QED) is 0.432. The Bertz CT molecular complexity index is 1460. The molecule has 1 N–H and O–H groups in total. The van der Waals surface area contributed by atoms with E-state index in [-0.39, 0.29) is 23.5 Å². The van der Waals surface area contributed by atoms with Crippen LogP contribution in [0, 0.1) is 20.8 Å². The van der Waals surface area contributed by atoms with Crippen LogP contribution in [0.2, 0.25) is 0 Å². The van der Waals surface area contributed by atoms with E-state index in [2.05, 4.69) is 14.8 Å². The topological polar surface area (TPSA) is 93.9 Å². The van der Waals surface area contributed by atoms with Crippen LogP contribution in [0.3, 0.4) is 0 Å². The number of rotatable bonds is 7. The zero-order chi connectivity index (χ0) is 23.6. The van der Waals surface area contributed by atoms with Gasteiger partial charge in [0.15, 0.2) is 0 Å². The molecular formula is C24H24N4O3S2. The number of nitrogens with zero attached hydrogens (tertiary/aromatic N) is 3. The molecule has 0 unspecified atom stereocenters. The number of aryl methyl sites for hydroxylation is 3. The van der Waals surface area contributed by atoms with Crippen LogP contribution in [0.25, 0.3) is 21.1 Å². The SMILES string of the molecule is Cc1ccc(C)c(S(=O)(=O)NCCn2nc(-c3sc(-c4ccccc4)nc3C)ccc2=O)c1. The summed E-state index contributed by atoms with van der Waals surface area (Å²) in [5.74, 6) is 0. The number of thiazole rings is 1. The van der Waals surface area contributed by atoms with E-state index in [0.29, 0.717) is 11.3 Å². The summed E-state index contributed by atoms with van der Waals surface area (Å²) in [5.41, 5.74) is 3.71. The smallest absolute Gasteiger partial charge is 0.266 e. The second kappa shape index (κ2) is 9.38. The van der Waals surface area contributed by atoms with Gasteiger partial charge in [-0.05, 0) is 44.0 Å². The lowest BCUT2D eigenvalue weighted by atomic mass is 10.2. The molecular weight excluding hydrogens is 456 g/mol. The Balaban J connectivity index is 1.54. The minimum absolute atomic E-state index is 0.0447. The van der Waals surface area contributed by atoms with Crippen molar-refractivity contribution in [2.45, 2.75) is 32.2 Å². The van der Waals surface area contributed by atoms with E-state index in [4.69, 9.17) is 0 Å². The van der Waals surface area contributed by atoms with E-state index < -0.39 is 10.0 Å². The van der Waals surface area contributed by atoms with Gasteiger partial charge in [-0.3, -0.25) is 4.79 Å². The standard InChI is InChI=1S/C24H24N4O3S2/c1-16-9-10-17(2)21(15-16)33(30,31)25-13-14-28-22(29)12-11-20(27-28)23-18(3)26-24(32-23)19-7-5-4-6-8-19/h4-12,15,25H,13-14H2,1-3H3. The third kappa shape index (κ3) is 5.11. The normalized spacial score (nSPS) is 11.6. The van der Waals surface area contributed by atoms with Crippen molar-refractivity contribution in [3.05, 3.63) is 87.8 Å². The van der Waals surface area contributed by atoms with E-state index in [1.165, 1.54) is 22.1 Å². The van der Waals surface area contributed by atoms with Gasteiger partial charge in [-0.2, -0.15) is 5.10 Å². The summed E-state index contributed by atoms with van der Waals surface area (Å²) >= 11 is 1.51. The Kier molecular flexibility index (Phi) is 6.55. The van der Waals surface area contributed by atoms with Crippen molar-refractivity contribution >= 4 is 21.4 Å². The maximum atomic E-state index is 12.7. The predicted molar refractivity (Wildman–Crippen MR) is 131 cm³/mol. The molecule has 33 heavy (non-hydrogen) atoms. The van der Waals surface area contributed by atoms with Crippen molar-refractivity contribution < 1.29 is 8.42 Å². The van der Waals surface area contributed by atoms with Crippen molar-refractivity contribution in [1.29, 1.82) is 0 Å². The molecule has 0 saturated carbocycles. The van der Waals surface area contributed by atoms with E-state index in [1.54, 1.807) is 25.1 Å². The lowest BCUT2D eigenvalue weighted by Gasteiger charge is -2.11. The highest BCUT2D eigenvalue weighted by Crippen LogP contribution is 2.33. The van der Waals surface area contributed by atoms with E-state index >= 15 is 0 Å². The first-order valence-corrected chi connectivity index (χ1v) is 12.7. The molecule has 170 valence electrons. The Morgan fingerprint density at radius 1 is 1.00 bits per heavy atom. The third-order valence-electron chi connectivity index (χ3n) is 5.17. The molecule has 4 rings (SSSR count). The van der Waals surface area contributed by atoms with Gasteiger partial charge in [-0.25, -0.2) is 22.8 Å². The lowest BCUT2D eigenvalue weighted by molar-refractivity contribution is 0.548. The summed E-state index contributed by atoms with van der Waals surface area (Å²) in [6.45, 7) is 5.67. The average Bonchev–Trinajstić information content (AvgIpc) is 3.19. The summed E-state index contributed by atoms with van der Waals surface area (Å²) in [6.07, 6.45) is 0. The molecule has 0 atom stereocenters. The first kappa shape index (κ1) is 23.0. The molecule has 4 aromatic rings. The van der Waals surface area contributed by atoms with E-state index in [9.17, 15) is 13.2 Å². The summed E-state index contributed by atoms with van der Waals surface area (Å²) in [7, 11) is -3.69. The van der Waals surface area contributed by atoms with E-state index in [0.717, 1.165) is 26.7 Å². The maximum absolute atomic E-state index is 12.7. The fourth-order valence-electron chi connectivity index (χ4n) is 3.43. The molecule has 0 amide bonds. The number of aromatic nitrogens is 3. The van der Waals surface area contributed by atoms with Crippen molar-refractivity contribution in [1.82, 2.24) is 19.5 Å². The largest absolute Gasteiger partial charge is 0.268 e. The molecule has 0 fully saturated rings. The third-order valence-corrected chi connectivity index (χ3v) is 8.00. The fourth-order valence-corrected chi connectivity index (χ4v) is 5.81. The molecule has 0 radical (unpaired) electrons. The molecule has 2 aromatic carbocycles. The van der Waals surface area contributed by atoms with Crippen LogP contribution >= 0.6 is 11.3 Å². The summed E-state index contributed by atoms with van der Waals surface area (Å²) in [5, 5.41) is 5.35. The molecule has 7 nitrogen and oxygen atoms in total. The second-order valence-electron chi connectivity index (χ2n) is 7.75. The average molecular weight is 481 g/mol. The summed E-state index contributed by atoms with van der Waals surface area (Å²) < 4.78 is 29.3. The molecule has 2 heterocycles. The Morgan fingerprint density at radius 3 is 2.52 bits per heavy atom. The molecule has 0 bridgehead atoms. The molecule has 0 aliphatic heterocycles. The zero-order valence-corrected chi connectivity index (χ0v) is 20.2. The fraction of sp³-hybridized carbons (Fsp3) is 0.208. The van der Waals surface area contributed by atoms with Gasteiger partial charge in [0, 0.05) is 18.2 Å². The van der Waals surface area contributed by atoms with Crippen LogP contribution in [0.4, 0.5) is 0 Å². The highest BCUT2D eigenvalue weighted by molar-refractivity contribution is 7.89. The number of nitrogens with one attached hydrogen (secondary N) is 1. The maximum Gasteiger partial charge on any atom is 0.266 e. The van der Waals surface area contributed by atoms with Crippen LogP contribution < -0.4 is 10.3 Å². The Morgan fingerprint density at radius 2 is 1.76 bits per heavy atom.